The fourth-order valence-corrected chi connectivity index (χ4v) is 3.91. The number of amides is 2. The molecule has 3 aromatic rings. The van der Waals surface area contributed by atoms with Gasteiger partial charge in [-0.15, -0.1) is 23.1 Å². The standard InChI is InChI=1S/C18H18N4O3S2/c1-11-3-4-14(19-12(2)23)15(7-11)21-16(24)10-26-9-13-8-17(25)22-5-6-27-18(22)20-13/h3-8H,9-10H2,1-2H3,(H,19,23)(H,21,24). The van der Waals surface area contributed by atoms with Crippen LogP contribution in [0.5, 0.6) is 0 Å². The summed E-state index contributed by atoms with van der Waals surface area (Å²) in [6, 6.07) is 6.91. The van der Waals surface area contributed by atoms with Crippen molar-refractivity contribution in [2.24, 2.45) is 0 Å². The van der Waals surface area contributed by atoms with Gasteiger partial charge in [-0.2, -0.15) is 0 Å². The Bertz CT molecular complexity index is 1060. The number of nitrogens with one attached hydrogen (secondary N) is 2. The molecule has 2 N–H and O–H groups in total. The van der Waals surface area contributed by atoms with Crippen LogP contribution in [0.4, 0.5) is 11.4 Å². The zero-order valence-corrected chi connectivity index (χ0v) is 16.4. The number of thioether (sulfide) groups is 1. The number of carbonyl (C=O) groups excluding carboxylic acids is 2. The summed E-state index contributed by atoms with van der Waals surface area (Å²) < 4.78 is 1.49. The molecule has 0 saturated heterocycles. The van der Waals surface area contributed by atoms with Crippen molar-refractivity contribution in [2.75, 3.05) is 16.4 Å². The van der Waals surface area contributed by atoms with Crippen LogP contribution in [0, 0.1) is 6.92 Å². The van der Waals surface area contributed by atoms with E-state index in [1.54, 1.807) is 18.3 Å². The number of hydrogen-bond acceptors (Lipinski definition) is 6. The third-order valence-electron chi connectivity index (χ3n) is 3.60. The second-order valence-electron chi connectivity index (χ2n) is 5.91. The summed E-state index contributed by atoms with van der Waals surface area (Å²) >= 11 is 2.77. The molecule has 1 aromatic carbocycles. The maximum Gasteiger partial charge on any atom is 0.258 e. The molecule has 3 rings (SSSR count). The summed E-state index contributed by atoms with van der Waals surface area (Å²) in [5.41, 5.74) is 2.62. The van der Waals surface area contributed by atoms with Gasteiger partial charge >= 0.3 is 0 Å². The molecular weight excluding hydrogens is 384 g/mol. The Morgan fingerprint density at radius 1 is 1.22 bits per heavy atom. The van der Waals surface area contributed by atoms with Gasteiger partial charge in [0, 0.05) is 30.3 Å². The predicted molar refractivity (Wildman–Crippen MR) is 110 cm³/mol. The summed E-state index contributed by atoms with van der Waals surface area (Å²) in [5, 5.41) is 7.33. The van der Waals surface area contributed by atoms with Crippen molar-refractivity contribution in [1.29, 1.82) is 0 Å². The molecule has 140 valence electrons. The van der Waals surface area contributed by atoms with Crippen LogP contribution < -0.4 is 16.2 Å². The molecule has 0 unspecified atom stereocenters. The number of aromatic nitrogens is 2. The molecule has 27 heavy (non-hydrogen) atoms. The number of hydrogen-bond donors (Lipinski definition) is 2. The molecule has 0 atom stereocenters. The number of rotatable bonds is 6. The Labute approximate surface area is 163 Å². The lowest BCUT2D eigenvalue weighted by Crippen LogP contribution is -2.17. The lowest BCUT2D eigenvalue weighted by Gasteiger charge is -2.12. The van der Waals surface area contributed by atoms with Gasteiger partial charge in [0.05, 0.1) is 22.8 Å². The predicted octanol–water partition coefficient (Wildman–Crippen LogP) is 2.89. The van der Waals surface area contributed by atoms with Gasteiger partial charge in [-0.3, -0.25) is 18.8 Å². The Morgan fingerprint density at radius 3 is 2.81 bits per heavy atom. The first-order chi connectivity index (χ1) is 12.9. The summed E-state index contributed by atoms with van der Waals surface area (Å²) in [7, 11) is 0. The summed E-state index contributed by atoms with van der Waals surface area (Å²) in [5.74, 6) is 0.277. The van der Waals surface area contributed by atoms with Crippen molar-refractivity contribution in [3.63, 3.8) is 0 Å². The first kappa shape index (κ1) is 19.1. The monoisotopic (exact) mass is 402 g/mol. The molecule has 7 nitrogen and oxygen atoms in total. The zero-order chi connectivity index (χ0) is 19.4. The van der Waals surface area contributed by atoms with E-state index in [9.17, 15) is 14.4 Å². The van der Waals surface area contributed by atoms with Crippen molar-refractivity contribution >= 4 is 51.2 Å². The smallest absolute Gasteiger partial charge is 0.258 e. The molecular formula is C18H18N4O3S2. The minimum Gasteiger partial charge on any atom is -0.325 e. The SMILES string of the molecule is CC(=O)Nc1ccc(C)cc1NC(=O)CSCc1cc(=O)n2ccsc2n1. The Kier molecular flexibility index (Phi) is 5.92. The average molecular weight is 403 g/mol. The van der Waals surface area contributed by atoms with Crippen LogP contribution in [0.3, 0.4) is 0 Å². The van der Waals surface area contributed by atoms with Gasteiger partial charge in [0.1, 0.15) is 0 Å². The fraction of sp³-hybridized carbons (Fsp3) is 0.222. The van der Waals surface area contributed by atoms with Crippen molar-refractivity contribution < 1.29 is 9.59 Å². The minimum absolute atomic E-state index is 0.124. The molecule has 0 bridgehead atoms. The molecule has 2 aromatic heterocycles. The molecule has 0 radical (unpaired) electrons. The van der Waals surface area contributed by atoms with E-state index in [0.29, 0.717) is 27.8 Å². The molecule has 0 spiro atoms. The maximum atomic E-state index is 12.3. The number of benzene rings is 1. The fourth-order valence-electron chi connectivity index (χ4n) is 2.46. The number of aryl methyl sites for hydroxylation is 1. The van der Waals surface area contributed by atoms with Gasteiger partial charge in [0.2, 0.25) is 11.8 Å². The van der Waals surface area contributed by atoms with Crippen LogP contribution in [0.15, 0.2) is 40.6 Å². The molecule has 0 aliphatic heterocycles. The van der Waals surface area contributed by atoms with Gasteiger partial charge < -0.3 is 10.6 Å². The van der Waals surface area contributed by atoms with Crippen molar-refractivity contribution in [1.82, 2.24) is 9.38 Å². The molecule has 0 saturated carbocycles. The topological polar surface area (TPSA) is 92.6 Å². The van der Waals surface area contributed by atoms with Crippen LogP contribution in [0.1, 0.15) is 18.2 Å². The van der Waals surface area contributed by atoms with E-state index >= 15 is 0 Å². The normalized spacial score (nSPS) is 10.7. The van der Waals surface area contributed by atoms with E-state index in [1.165, 1.54) is 40.5 Å². The van der Waals surface area contributed by atoms with E-state index in [4.69, 9.17) is 0 Å². The van der Waals surface area contributed by atoms with E-state index in [1.807, 2.05) is 18.4 Å². The molecule has 9 heteroatoms. The van der Waals surface area contributed by atoms with Gasteiger partial charge in [-0.05, 0) is 24.6 Å². The number of nitrogens with zero attached hydrogens (tertiary/aromatic N) is 2. The van der Waals surface area contributed by atoms with E-state index < -0.39 is 0 Å². The highest BCUT2D eigenvalue weighted by Crippen LogP contribution is 2.23. The molecule has 0 aliphatic carbocycles. The van der Waals surface area contributed by atoms with Crippen LogP contribution >= 0.6 is 23.1 Å². The lowest BCUT2D eigenvalue weighted by atomic mass is 10.2. The van der Waals surface area contributed by atoms with E-state index in [-0.39, 0.29) is 23.1 Å². The summed E-state index contributed by atoms with van der Waals surface area (Å²) in [6.45, 7) is 3.33. The maximum absolute atomic E-state index is 12.3. The average Bonchev–Trinajstić information content (AvgIpc) is 3.06. The highest BCUT2D eigenvalue weighted by Gasteiger charge is 2.10. The largest absolute Gasteiger partial charge is 0.325 e. The van der Waals surface area contributed by atoms with Crippen molar-refractivity contribution in [3.05, 3.63) is 57.5 Å². The molecule has 0 fully saturated rings. The Balaban J connectivity index is 1.60. The number of fused-ring (bicyclic) bond motifs is 1. The van der Waals surface area contributed by atoms with Crippen LogP contribution in [-0.2, 0) is 15.3 Å². The summed E-state index contributed by atoms with van der Waals surface area (Å²) in [4.78, 5) is 40.6. The first-order valence-electron chi connectivity index (χ1n) is 8.14. The van der Waals surface area contributed by atoms with Crippen molar-refractivity contribution in [3.8, 4) is 0 Å². The van der Waals surface area contributed by atoms with Gasteiger partial charge in [0.25, 0.3) is 5.56 Å². The van der Waals surface area contributed by atoms with Crippen molar-refractivity contribution in [2.45, 2.75) is 19.6 Å². The Hall–Kier alpha value is -2.65. The third-order valence-corrected chi connectivity index (χ3v) is 5.32. The van der Waals surface area contributed by atoms with Gasteiger partial charge in [-0.25, -0.2) is 4.98 Å². The number of thiazole rings is 1. The second kappa shape index (κ2) is 8.36. The van der Waals surface area contributed by atoms with E-state index in [0.717, 1.165) is 5.56 Å². The van der Waals surface area contributed by atoms with Crippen LogP contribution in [0.25, 0.3) is 4.96 Å². The zero-order valence-electron chi connectivity index (χ0n) is 14.8. The highest BCUT2D eigenvalue weighted by molar-refractivity contribution is 7.99. The van der Waals surface area contributed by atoms with Crippen LogP contribution in [-0.4, -0.2) is 27.0 Å². The third kappa shape index (κ3) is 4.95. The quantitative estimate of drug-likeness (QED) is 0.661. The highest BCUT2D eigenvalue weighted by atomic mass is 32.2. The Morgan fingerprint density at radius 2 is 2.04 bits per heavy atom. The molecule has 0 aliphatic rings. The first-order valence-corrected chi connectivity index (χ1v) is 10.2. The summed E-state index contributed by atoms with van der Waals surface area (Å²) in [6.07, 6.45) is 1.69. The lowest BCUT2D eigenvalue weighted by molar-refractivity contribution is -0.115. The minimum atomic E-state index is -0.204. The van der Waals surface area contributed by atoms with Gasteiger partial charge in [-0.1, -0.05) is 6.07 Å². The number of carbonyl (C=O) groups is 2. The van der Waals surface area contributed by atoms with Gasteiger partial charge in [0.15, 0.2) is 4.96 Å². The molecule has 2 amide bonds. The van der Waals surface area contributed by atoms with E-state index in [2.05, 4.69) is 15.6 Å². The number of anilines is 2. The molecule has 2 heterocycles. The van der Waals surface area contributed by atoms with Crippen LogP contribution in [0.2, 0.25) is 0 Å². The second-order valence-corrected chi connectivity index (χ2v) is 7.77.